The molecule has 2 aromatic rings. The average Bonchev–Trinajstić information content (AvgIpc) is 2.58. The first-order valence-electron chi connectivity index (χ1n) is 4.05. The lowest BCUT2D eigenvalue weighted by Gasteiger charge is -2.00. The van der Waals surface area contributed by atoms with E-state index in [9.17, 15) is 9.18 Å². The molecule has 1 aromatic carbocycles. The van der Waals surface area contributed by atoms with Crippen LogP contribution in [-0.2, 0) is 4.74 Å². The SMILES string of the molecule is COC(=O)c1cc(Br)c2nc(F)[nH]c2c1. The van der Waals surface area contributed by atoms with E-state index in [2.05, 4.69) is 30.6 Å². The number of methoxy groups -OCH3 is 1. The zero-order valence-electron chi connectivity index (χ0n) is 7.67. The van der Waals surface area contributed by atoms with Gasteiger partial charge in [-0.3, -0.25) is 0 Å². The molecule has 0 atom stereocenters. The first-order valence-corrected chi connectivity index (χ1v) is 4.84. The van der Waals surface area contributed by atoms with Crippen molar-refractivity contribution in [3.8, 4) is 0 Å². The van der Waals surface area contributed by atoms with Crippen molar-refractivity contribution in [1.29, 1.82) is 0 Å². The topological polar surface area (TPSA) is 55.0 Å². The number of hydrogen-bond acceptors (Lipinski definition) is 3. The highest BCUT2D eigenvalue weighted by atomic mass is 79.9. The van der Waals surface area contributed by atoms with Gasteiger partial charge in [0, 0.05) is 4.47 Å². The Labute approximate surface area is 92.6 Å². The van der Waals surface area contributed by atoms with E-state index in [1.165, 1.54) is 19.2 Å². The zero-order chi connectivity index (χ0) is 11.0. The van der Waals surface area contributed by atoms with Gasteiger partial charge in [-0.1, -0.05) is 0 Å². The third kappa shape index (κ3) is 1.72. The minimum Gasteiger partial charge on any atom is -0.465 e. The van der Waals surface area contributed by atoms with E-state index >= 15 is 0 Å². The number of carbonyl (C=O) groups excluding carboxylic acids is 1. The number of fused-ring (bicyclic) bond motifs is 1. The number of hydrogen-bond donors (Lipinski definition) is 1. The Kier molecular flexibility index (Phi) is 2.44. The molecule has 0 saturated carbocycles. The van der Waals surface area contributed by atoms with Gasteiger partial charge in [-0.25, -0.2) is 9.78 Å². The fraction of sp³-hybridized carbons (Fsp3) is 0.111. The lowest BCUT2D eigenvalue weighted by molar-refractivity contribution is 0.0601. The molecule has 0 unspecified atom stereocenters. The summed E-state index contributed by atoms with van der Waals surface area (Å²) in [7, 11) is 1.29. The second-order valence-electron chi connectivity index (χ2n) is 2.87. The third-order valence-corrected chi connectivity index (χ3v) is 2.54. The van der Waals surface area contributed by atoms with Crippen LogP contribution in [-0.4, -0.2) is 23.0 Å². The van der Waals surface area contributed by atoms with Gasteiger partial charge in [0.2, 0.25) is 0 Å². The number of H-pyrrole nitrogens is 1. The van der Waals surface area contributed by atoms with Gasteiger partial charge in [0.25, 0.3) is 6.08 Å². The molecule has 1 N–H and O–H groups in total. The minimum atomic E-state index is -0.687. The number of nitrogens with one attached hydrogen (secondary N) is 1. The molecular weight excluding hydrogens is 267 g/mol. The number of imidazole rings is 1. The number of ether oxygens (including phenoxy) is 1. The monoisotopic (exact) mass is 272 g/mol. The Morgan fingerprint density at radius 2 is 2.33 bits per heavy atom. The predicted octanol–water partition coefficient (Wildman–Crippen LogP) is 2.25. The summed E-state index contributed by atoms with van der Waals surface area (Å²) in [4.78, 5) is 17.3. The van der Waals surface area contributed by atoms with Gasteiger partial charge in [0.1, 0.15) is 5.52 Å². The van der Waals surface area contributed by atoms with Gasteiger partial charge in [-0.15, -0.1) is 0 Å². The van der Waals surface area contributed by atoms with E-state index in [0.29, 0.717) is 21.1 Å². The fourth-order valence-electron chi connectivity index (χ4n) is 1.28. The maximum atomic E-state index is 12.8. The summed E-state index contributed by atoms with van der Waals surface area (Å²) in [5, 5.41) is 0. The van der Waals surface area contributed by atoms with Gasteiger partial charge >= 0.3 is 5.97 Å². The van der Waals surface area contributed by atoms with Crippen LogP contribution < -0.4 is 0 Å². The van der Waals surface area contributed by atoms with Crippen LogP contribution in [0, 0.1) is 6.08 Å². The maximum absolute atomic E-state index is 12.8. The molecule has 4 nitrogen and oxygen atoms in total. The van der Waals surface area contributed by atoms with Crippen molar-refractivity contribution < 1.29 is 13.9 Å². The number of aromatic nitrogens is 2. The number of rotatable bonds is 1. The Morgan fingerprint density at radius 3 is 3.00 bits per heavy atom. The lowest BCUT2D eigenvalue weighted by Crippen LogP contribution is -2.00. The quantitative estimate of drug-likeness (QED) is 0.811. The molecule has 15 heavy (non-hydrogen) atoms. The largest absolute Gasteiger partial charge is 0.465 e. The number of nitrogens with zero attached hydrogens (tertiary/aromatic N) is 1. The molecule has 1 aromatic heterocycles. The first-order chi connectivity index (χ1) is 7.11. The van der Waals surface area contributed by atoms with Gasteiger partial charge in [0.05, 0.1) is 18.2 Å². The molecule has 0 aliphatic rings. The summed E-state index contributed by atoms with van der Waals surface area (Å²) in [6.07, 6.45) is -0.687. The molecule has 0 fully saturated rings. The first kappa shape index (κ1) is 10.1. The summed E-state index contributed by atoms with van der Waals surface area (Å²) in [5.74, 6) is -0.479. The lowest BCUT2D eigenvalue weighted by atomic mass is 10.2. The molecule has 0 aliphatic carbocycles. The van der Waals surface area contributed by atoms with Crippen LogP contribution >= 0.6 is 15.9 Å². The minimum absolute atomic E-state index is 0.334. The Balaban J connectivity index is 2.66. The van der Waals surface area contributed by atoms with E-state index in [1.54, 1.807) is 0 Å². The number of aromatic amines is 1. The molecule has 0 aliphatic heterocycles. The molecule has 2 rings (SSSR count). The van der Waals surface area contributed by atoms with Crippen molar-refractivity contribution in [2.75, 3.05) is 7.11 Å². The third-order valence-electron chi connectivity index (χ3n) is 1.93. The zero-order valence-corrected chi connectivity index (χ0v) is 9.26. The van der Waals surface area contributed by atoms with E-state index in [4.69, 9.17) is 0 Å². The van der Waals surface area contributed by atoms with Crippen LogP contribution in [0.2, 0.25) is 0 Å². The summed E-state index contributed by atoms with van der Waals surface area (Å²) >= 11 is 3.20. The molecule has 78 valence electrons. The van der Waals surface area contributed by atoms with Gasteiger partial charge in [-0.2, -0.15) is 4.39 Å². The average molecular weight is 273 g/mol. The number of halogens is 2. The summed E-state index contributed by atoms with van der Waals surface area (Å²) in [5.41, 5.74) is 1.22. The number of benzene rings is 1. The van der Waals surface area contributed by atoms with E-state index in [-0.39, 0.29) is 0 Å². The fourth-order valence-corrected chi connectivity index (χ4v) is 1.83. The van der Waals surface area contributed by atoms with Crippen LogP contribution in [0.5, 0.6) is 0 Å². The summed E-state index contributed by atoms with van der Waals surface area (Å²) in [6.45, 7) is 0. The highest BCUT2D eigenvalue weighted by molar-refractivity contribution is 9.10. The Hall–Kier alpha value is -1.43. The standard InChI is InChI=1S/C9H6BrFN2O2/c1-15-8(14)4-2-5(10)7-6(3-4)12-9(11)13-7/h2-3H,1H3,(H,12,13). The highest BCUT2D eigenvalue weighted by Gasteiger charge is 2.12. The smallest absolute Gasteiger partial charge is 0.337 e. The van der Waals surface area contributed by atoms with Crippen LogP contribution in [0.15, 0.2) is 16.6 Å². The molecule has 0 bridgehead atoms. The van der Waals surface area contributed by atoms with Crippen LogP contribution in [0.3, 0.4) is 0 Å². The van der Waals surface area contributed by atoms with Crippen molar-refractivity contribution in [2.24, 2.45) is 0 Å². The Bertz CT molecular complexity index is 538. The van der Waals surface area contributed by atoms with Gasteiger partial charge in [-0.05, 0) is 28.1 Å². The molecule has 6 heteroatoms. The normalized spacial score (nSPS) is 10.6. The second-order valence-corrected chi connectivity index (χ2v) is 3.73. The van der Waals surface area contributed by atoms with Crippen LogP contribution in [0.4, 0.5) is 4.39 Å². The highest BCUT2D eigenvalue weighted by Crippen LogP contribution is 2.24. The van der Waals surface area contributed by atoms with Crippen LogP contribution in [0.25, 0.3) is 11.0 Å². The molecule has 0 radical (unpaired) electrons. The molecule has 0 amide bonds. The molecule has 0 spiro atoms. The van der Waals surface area contributed by atoms with Gasteiger partial charge < -0.3 is 9.72 Å². The molecule has 0 saturated heterocycles. The van der Waals surface area contributed by atoms with Gasteiger partial charge in [0.15, 0.2) is 0 Å². The Morgan fingerprint density at radius 1 is 1.60 bits per heavy atom. The predicted molar refractivity (Wildman–Crippen MR) is 55.1 cm³/mol. The van der Waals surface area contributed by atoms with Crippen LogP contribution in [0.1, 0.15) is 10.4 Å². The molecule has 1 heterocycles. The van der Waals surface area contributed by atoms with Crippen molar-refractivity contribution >= 4 is 32.9 Å². The van der Waals surface area contributed by atoms with E-state index in [0.717, 1.165) is 0 Å². The van der Waals surface area contributed by atoms with Crippen molar-refractivity contribution in [2.45, 2.75) is 0 Å². The number of esters is 1. The molecular formula is C9H6BrFN2O2. The van der Waals surface area contributed by atoms with E-state index < -0.39 is 12.0 Å². The maximum Gasteiger partial charge on any atom is 0.337 e. The van der Waals surface area contributed by atoms with Crippen molar-refractivity contribution in [3.05, 3.63) is 28.2 Å². The van der Waals surface area contributed by atoms with Crippen molar-refractivity contribution in [3.63, 3.8) is 0 Å². The number of carbonyl (C=O) groups is 1. The summed E-state index contributed by atoms with van der Waals surface area (Å²) in [6, 6.07) is 3.02. The summed E-state index contributed by atoms with van der Waals surface area (Å²) < 4.78 is 17.9. The van der Waals surface area contributed by atoms with Crippen molar-refractivity contribution in [1.82, 2.24) is 9.97 Å². The second kappa shape index (κ2) is 3.62. The van der Waals surface area contributed by atoms with E-state index in [1.807, 2.05) is 0 Å².